The molecule has 1 aliphatic heterocycles. The second-order valence-corrected chi connectivity index (χ2v) is 11.7. The van der Waals surface area contributed by atoms with Gasteiger partial charge in [-0.3, -0.25) is 0 Å². The third-order valence-electron chi connectivity index (χ3n) is 8.63. The topological polar surface area (TPSA) is 23.4 Å². The lowest BCUT2D eigenvalue weighted by atomic mass is 9.77. The van der Waals surface area contributed by atoms with Crippen molar-refractivity contribution in [3.63, 3.8) is 0 Å². The molecule has 1 saturated heterocycles. The van der Waals surface area contributed by atoms with E-state index >= 15 is 0 Å². The van der Waals surface area contributed by atoms with Gasteiger partial charge >= 0.3 is 7.12 Å². The first-order valence-electron chi connectivity index (χ1n) is 14.0. The summed E-state index contributed by atoms with van der Waals surface area (Å²) in [6, 6.07) is 43.2. The molecule has 0 aliphatic carbocycles. The minimum atomic E-state index is -0.478. The molecule has 0 atom stereocenters. The van der Waals surface area contributed by atoms with Crippen LogP contribution >= 0.6 is 0 Å². The summed E-state index contributed by atoms with van der Waals surface area (Å²) in [4.78, 5) is 0. The zero-order valence-corrected chi connectivity index (χ0v) is 23.4. The Morgan fingerprint density at radius 3 is 1.73 bits per heavy atom. The highest BCUT2D eigenvalue weighted by atomic mass is 16.7. The van der Waals surface area contributed by atoms with Crippen molar-refractivity contribution >= 4 is 34.4 Å². The normalized spacial score (nSPS) is 16.1. The largest absolute Gasteiger partial charge is 0.497 e. The van der Waals surface area contributed by atoms with Crippen LogP contribution in [0, 0.1) is 0 Å². The van der Waals surface area contributed by atoms with Gasteiger partial charge in [0.15, 0.2) is 0 Å². The smallest absolute Gasteiger partial charge is 0.399 e. The lowest BCUT2D eigenvalue weighted by Gasteiger charge is -2.32. The van der Waals surface area contributed by atoms with E-state index < -0.39 is 18.3 Å². The molecule has 0 saturated carbocycles. The quantitative estimate of drug-likeness (QED) is 0.218. The Hall–Kier alpha value is -4.12. The van der Waals surface area contributed by atoms with Crippen molar-refractivity contribution in [2.75, 3.05) is 0 Å². The van der Waals surface area contributed by atoms with E-state index in [4.69, 9.17) is 9.31 Å². The summed E-state index contributed by atoms with van der Waals surface area (Å²) < 4.78 is 15.6. The van der Waals surface area contributed by atoms with Crippen molar-refractivity contribution in [3.05, 3.63) is 121 Å². The predicted molar refractivity (Wildman–Crippen MR) is 167 cm³/mol. The van der Waals surface area contributed by atoms with Crippen molar-refractivity contribution in [2.24, 2.45) is 0 Å². The maximum atomic E-state index is 6.62. The van der Waals surface area contributed by atoms with E-state index in [9.17, 15) is 0 Å². The summed E-state index contributed by atoms with van der Waals surface area (Å²) in [6.07, 6.45) is 0. The van der Waals surface area contributed by atoms with Gasteiger partial charge in [0.2, 0.25) is 0 Å². The number of nitrogens with zero attached hydrogens (tertiary/aromatic N) is 1. The van der Waals surface area contributed by atoms with Gasteiger partial charge in [0.05, 0.1) is 22.2 Å². The Balaban J connectivity index is 1.62. The minimum absolute atomic E-state index is 0.431. The monoisotopic (exact) mass is 521 g/mol. The maximum Gasteiger partial charge on any atom is 0.497 e. The van der Waals surface area contributed by atoms with Gasteiger partial charge in [-0.2, -0.15) is 0 Å². The van der Waals surface area contributed by atoms with E-state index in [0.717, 1.165) is 16.7 Å². The molecule has 5 aromatic carbocycles. The van der Waals surface area contributed by atoms with Crippen LogP contribution in [0.25, 0.3) is 49.7 Å². The number of para-hydroxylation sites is 2. The predicted octanol–water partition coefficient (Wildman–Crippen LogP) is 8.42. The van der Waals surface area contributed by atoms with Crippen LogP contribution in [0.1, 0.15) is 27.7 Å². The molecule has 1 aromatic heterocycles. The molecule has 2 heterocycles. The Morgan fingerprint density at radius 2 is 1.10 bits per heavy atom. The molecule has 6 aromatic rings. The second kappa shape index (κ2) is 9.23. The first-order valence-corrected chi connectivity index (χ1v) is 14.0. The van der Waals surface area contributed by atoms with E-state index in [2.05, 4.69) is 154 Å². The van der Waals surface area contributed by atoms with Crippen molar-refractivity contribution in [2.45, 2.75) is 38.9 Å². The van der Waals surface area contributed by atoms with Gasteiger partial charge in [-0.15, -0.1) is 0 Å². The van der Waals surface area contributed by atoms with Crippen LogP contribution in [0.2, 0.25) is 0 Å². The zero-order valence-electron chi connectivity index (χ0n) is 23.4. The van der Waals surface area contributed by atoms with Crippen LogP contribution in [0.15, 0.2) is 121 Å². The highest BCUT2D eigenvalue weighted by Gasteiger charge is 2.52. The van der Waals surface area contributed by atoms with Gasteiger partial charge < -0.3 is 13.9 Å². The Kier molecular flexibility index (Phi) is 5.74. The molecule has 0 bridgehead atoms. The average molecular weight is 521 g/mol. The molecular formula is C36H32BNO2. The summed E-state index contributed by atoms with van der Waals surface area (Å²) in [5.74, 6) is 0. The fourth-order valence-electron chi connectivity index (χ4n) is 5.85. The highest BCUT2D eigenvalue weighted by Crippen LogP contribution is 2.42. The minimum Gasteiger partial charge on any atom is -0.399 e. The van der Waals surface area contributed by atoms with Gasteiger partial charge in [0, 0.05) is 27.5 Å². The fourth-order valence-corrected chi connectivity index (χ4v) is 5.85. The lowest BCUT2D eigenvalue weighted by Crippen LogP contribution is -2.41. The van der Waals surface area contributed by atoms with Gasteiger partial charge in [0.1, 0.15) is 0 Å². The summed E-state index contributed by atoms with van der Waals surface area (Å²) in [6.45, 7) is 8.44. The molecule has 3 nitrogen and oxygen atoms in total. The highest BCUT2D eigenvalue weighted by molar-refractivity contribution is 6.65. The van der Waals surface area contributed by atoms with Crippen LogP contribution < -0.4 is 5.46 Å². The number of hydrogen-bond acceptors (Lipinski definition) is 2. The molecule has 1 aliphatic rings. The number of rotatable bonds is 4. The molecule has 0 N–H and O–H groups in total. The third-order valence-corrected chi connectivity index (χ3v) is 8.63. The molecule has 196 valence electrons. The summed E-state index contributed by atoms with van der Waals surface area (Å²) in [5, 5.41) is 2.39. The van der Waals surface area contributed by atoms with E-state index in [1.165, 1.54) is 38.5 Å². The first-order chi connectivity index (χ1) is 19.3. The molecule has 7 rings (SSSR count). The summed E-state index contributed by atoms with van der Waals surface area (Å²) >= 11 is 0. The molecular weight excluding hydrogens is 489 g/mol. The van der Waals surface area contributed by atoms with Gasteiger partial charge in [-0.1, -0.05) is 97.1 Å². The van der Waals surface area contributed by atoms with Gasteiger partial charge in [0.25, 0.3) is 0 Å². The van der Waals surface area contributed by atoms with Crippen LogP contribution in [0.5, 0.6) is 0 Å². The van der Waals surface area contributed by atoms with E-state index in [1.807, 2.05) is 0 Å². The summed E-state index contributed by atoms with van der Waals surface area (Å²) in [7, 11) is -0.478. The van der Waals surface area contributed by atoms with Crippen molar-refractivity contribution in [3.8, 4) is 27.9 Å². The molecule has 0 amide bonds. The lowest BCUT2D eigenvalue weighted by molar-refractivity contribution is 0.00578. The van der Waals surface area contributed by atoms with Crippen LogP contribution in [-0.4, -0.2) is 22.9 Å². The number of aromatic nitrogens is 1. The van der Waals surface area contributed by atoms with Crippen LogP contribution in [0.4, 0.5) is 0 Å². The molecule has 1 fully saturated rings. The van der Waals surface area contributed by atoms with Gasteiger partial charge in [-0.05, 0) is 68.7 Å². The number of benzene rings is 5. The number of fused-ring (bicyclic) bond motifs is 3. The standard InChI is InChI=1S/C36H32BNO2/c1-35(2)36(3,4)40-37(39-35)32-22-14-21-29-31-24-27(25-15-8-5-9-16-25)23-30(26-17-10-6-11-18-26)33(31)38(34(29)32)28-19-12-7-13-20-28/h5-24H,1-4H3. The molecule has 0 spiro atoms. The van der Waals surface area contributed by atoms with Crippen molar-refractivity contribution < 1.29 is 9.31 Å². The maximum absolute atomic E-state index is 6.62. The zero-order chi connectivity index (χ0) is 27.5. The SMILES string of the molecule is CC1(C)OB(c2cccc3c4cc(-c5ccccc5)cc(-c5ccccc5)c4n(-c4ccccc4)c23)OC1(C)C. The van der Waals surface area contributed by atoms with Crippen molar-refractivity contribution in [1.29, 1.82) is 0 Å². The molecule has 0 radical (unpaired) electrons. The Labute approximate surface area is 236 Å². The van der Waals surface area contributed by atoms with Gasteiger partial charge in [-0.25, -0.2) is 0 Å². The van der Waals surface area contributed by atoms with Crippen molar-refractivity contribution in [1.82, 2.24) is 4.57 Å². The third kappa shape index (κ3) is 3.90. The average Bonchev–Trinajstić information content (AvgIpc) is 3.43. The fraction of sp³-hybridized carbons (Fsp3) is 0.167. The second-order valence-electron chi connectivity index (χ2n) is 11.7. The Morgan fingerprint density at radius 1 is 0.525 bits per heavy atom. The molecule has 4 heteroatoms. The van der Waals surface area contributed by atoms with E-state index in [1.54, 1.807) is 0 Å². The first kappa shape index (κ1) is 24.9. The molecule has 40 heavy (non-hydrogen) atoms. The number of hydrogen-bond donors (Lipinski definition) is 0. The van der Waals surface area contributed by atoms with E-state index in [0.29, 0.717) is 0 Å². The van der Waals surface area contributed by atoms with Crippen LogP contribution in [0.3, 0.4) is 0 Å². The van der Waals surface area contributed by atoms with Crippen LogP contribution in [-0.2, 0) is 9.31 Å². The van der Waals surface area contributed by atoms with E-state index in [-0.39, 0.29) is 0 Å². The molecule has 0 unspecified atom stereocenters. The Bertz CT molecular complexity index is 1820. The summed E-state index contributed by atoms with van der Waals surface area (Å²) in [5.41, 5.74) is 8.34.